The fourth-order valence-electron chi connectivity index (χ4n) is 3.24. The van der Waals surface area contributed by atoms with Gasteiger partial charge < -0.3 is 15.4 Å². The molecule has 0 unspecified atom stereocenters. The lowest BCUT2D eigenvalue weighted by molar-refractivity contribution is 0.0167. The molecule has 140 valence electrons. The zero-order valence-electron chi connectivity index (χ0n) is 14.8. The van der Waals surface area contributed by atoms with Gasteiger partial charge >= 0.3 is 6.03 Å². The first-order valence-corrected chi connectivity index (χ1v) is 8.87. The number of urea groups is 1. The van der Waals surface area contributed by atoms with Crippen molar-refractivity contribution < 1.29 is 9.53 Å². The van der Waals surface area contributed by atoms with E-state index in [4.69, 9.17) is 4.74 Å². The normalized spacial score (nSPS) is 16.1. The van der Waals surface area contributed by atoms with Crippen molar-refractivity contribution in [3.8, 4) is 0 Å². The number of hydrogen-bond acceptors (Lipinski definition) is 6. The summed E-state index contributed by atoms with van der Waals surface area (Å²) in [6, 6.07) is 9.15. The van der Waals surface area contributed by atoms with Crippen LogP contribution in [0.25, 0.3) is 11.0 Å². The van der Waals surface area contributed by atoms with Crippen molar-refractivity contribution in [3.05, 3.63) is 48.3 Å². The van der Waals surface area contributed by atoms with Crippen LogP contribution in [0.2, 0.25) is 0 Å². The molecule has 0 saturated carbocycles. The number of fused-ring (bicyclic) bond motifs is 1. The molecule has 1 aliphatic rings. The van der Waals surface area contributed by atoms with E-state index in [9.17, 15) is 4.79 Å². The lowest BCUT2D eigenvalue weighted by Crippen LogP contribution is -2.44. The third kappa shape index (κ3) is 4.04. The quantitative estimate of drug-likeness (QED) is 0.631. The van der Waals surface area contributed by atoms with Crippen molar-refractivity contribution in [3.63, 3.8) is 0 Å². The van der Waals surface area contributed by atoms with E-state index >= 15 is 0 Å². The van der Waals surface area contributed by atoms with Crippen molar-refractivity contribution in [2.75, 3.05) is 38.2 Å². The molecule has 3 heterocycles. The molecular weight excluding hydrogens is 346 g/mol. The zero-order valence-corrected chi connectivity index (χ0v) is 14.8. The number of para-hydroxylation sites is 1. The highest BCUT2D eigenvalue weighted by Crippen LogP contribution is 2.21. The summed E-state index contributed by atoms with van der Waals surface area (Å²) in [6.45, 7) is 3.49. The van der Waals surface area contributed by atoms with E-state index in [0.717, 1.165) is 18.7 Å². The number of morpholine rings is 1. The van der Waals surface area contributed by atoms with Crippen LogP contribution in [0.5, 0.6) is 0 Å². The lowest BCUT2D eigenvalue weighted by Gasteiger charge is -2.34. The number of carbonyl (C=O) groups excluding carboxylic acids is 1. The third-order valence-corrected chi connectivity index (χ3v) is 4.61. The molecule has 4 rings (SSSR count). The molecule has 9 nitrogen and oxygen atoms in total. The second-order valence-corrected chi connectivity index (χ2v) is 6.28. The van der Waals surface area contributed by atoms with Gasteiger partial charge in [0.1, 0.15) is 11.0 Å². The Balaban J connectivity index is 1.44. The minimum Gasteiger partial charge on any atom is -0.379 e. The Kier molecular flexibility index (Phi) is 5.22. The summed E-state index contributed by atoms with van der Waals surface area (Å²) < 4.78 is 5.45. The second-order valence-electron chi connectivity index (χ2n) is 6.28. The second kappa shape index (κ2) is 8.11. The highest BCUT2D eigenvalue weighted by atomic mass is 16.5. The number of H-pyrrole nitrogens is 1. The fourth-order valence-corrected chi connectivity index (χ4v) is 3.24. The van der Waals surface area contributed by atoms with Crippen LogP contribution >= 0.6 is 0 Å². The van der Waals surface area contributed by atoms with Gasteiger partial charge in [0, 0.05) is 32.0 Å². The van der Waals surface area contributed by atoms with Crippen LogP contribution in [-0.4, -0.2) is 64.2 Å². The summed E-state index contributed by atoms with van der Waals surface area (Å²) in [5, 5.41) is 16.5. The molecule has 0 bridgehead atoms. The minimum absolute atomic E-state index is 0.0381. The van der Waals surface area contributed by atoms with Gasteiger partial charge in [0.05, 0.1) is 24.9 Å². The van der Waals surface area contributed by atoms with E-state index < -0.39 is 0 Å². The Labute approximate surface area is 156 Å². The zero-order chi connectivity index (χ0) is 18.5. The standard InChI is InChI=1S/C18H21N7O2/c26-18(21-14-4-1-5-15-17(14)23-24-22-15)20-12-16(13-3-2-6-19-11-13)25-7-9-27-10-8-25/h1-6,11,16H,7-10,12H2,(H2,20,21,26)(H,22,23,24)/t16-/m1/s1. The van der Waals surface area contributed by atoms with Gasteiger partial charge in [-0.25, -0.2) is 4.79 Å². The molecular formula is C18H21N7O2. The summed E-state index contributed by atoms with van der Waals surface area (Å²) in [7, 11) is 0. The fraction of sp³-hybridized carbons (Fsp3) is 0.333. The Hall–Kier alpha value is -3.04. The van der Waals surface area contributed by atoms with E-state index in [1.807, 2.05) is 30.5 Å². The van der Waals surface area contributed by atoms with E-state index in [0.29, 0.717) is 36.5 Å². The number of aromatic nitrogens is 4. The van der Waals surface area contributed by atoms with Gasteiger partial charge in [-0.2, -0.15) is 15.4 Å². The van der Waals surface area contributed by atoms with Crippen LogP contribution in [0.4, 0.5) is 10.5 Å². The Morgan fingerprint density at radius 1 is 1.22 bits per heavy atom. The molecule has 0 radical (unpaired) electrons. The van der Waals surface area contributed by atoms with Crippen LogP contribution in [0, 0.1) is 0 Å². The number of hydrogen-bond donors (Lipinski definition) is 3. The topological polar surface area (TPSA) is 108 Å². The number of nitrogens with one attached hydrogen (secondary N) is 3. The maximum atomic E-state index is 12.5. The Bertz CT molecular complexity index is 893. The molecule has 9 heteroatoms. The van der Waals surface area contributed by atoms with E-state index in [1.165, 1.54) is 0 Å². The summed E-state index contributed by atoms with van der Waals surface area (Å²) >= 11 is 0. The van der Waals surface area contributed by atoms with Crippen molar-refractivity contribution in [2.45, 2.75) is 6.04 Å². The number of aromatic amines is 1. The first-order valence-electron chi connectivity index (χ1n) is 8.87. The average molecular weight is 367 g/mol. The molecule has 2 aromatic heterocycles. The van der Waals surface area contributed by atoms with Gasteiger partial charge in [0.2, 0.25) is 0 Å². The largest absolute Gasteiger partial charge is 0.379 e. The summed E-state index contributed by atoms with van der Waals surface area (Å²) in [4.78, 5) is 19.0. The first kappa shape index (κ1) is 17.4. The van der Waals surface area contributed by atoms with E-state index in [-0.39, 0.29) is 12.1 Å². The van der Waals surface area contributed by atoms with E-state index in [2.05, 4.69) is 35.9 Å². The van der Waals surface area contributed by atoms with Gasteiger partial charge in [0.25, 0.3) is 0 Å². The number of nitrogens with zero attached hydrogens (tertiary/aromatic N) is 4. The number of ether oxygens (including phenoxy) is 1. The smallest absolute Gasteiger partial charge is 0.319 e. The minimum atomic E-state index is -0.285. The molecule has 2 amide bonds. The summed E-state index contributed by atoms with van der Waals surface area (Å²) in [6.07, 6.45) is 3.59. The molecule has 3 aromatic rings. The molecule has 1 aliphatic heterocycles. The molecule has 27 heavy (non-hydrogen) atoms. The van der Waals surface area contributed by atoms with Crippen LogP contribution in [-0.2, 0) is 4.74 Å². The molecule has 1 saturated heterocycles. The van der Waals surface area contributed by atoms with Crippen molar-refractivity contribution in [2.24, 2.45) is 0 Å². The van der Waals surface area contributed by atoms with Gasteiger partial charge in [0.15, 0.2) is 0 Å². The number of pyridine rings is 1. The molecule has 0 aliphatic carbocycles. The van der Waals surface area contributed by atoms with Gasteiger partial charge in [-0.3, -0.25) is 9.88 Å². The molecule has 3 N–H and O–H groups in total. The first-order chi connectivity index (χ1) is 13.3. The van der Waals surface area contributed by atoms with Gasteiger partial charge in [-0.1, -0.05) is 12.1 Å². The third-order valence-electron chi connectivity index (χ3n) is 4.61. The summed E-state index contributed by atoms with van der Waals surface area (Å²) in [5.41, 5.74) is 3.01. The monoisotopic (exact) mass is 367 g/mol. The molecule has 1 atom stereocenters. The van der Waals surface area contributed by atoms with Gasteiger partial charge in [-0.05, 0) is 23.8 Å². The predicted molar refractivity (Wildman–Crippen MR) is 100 cm³/mol. The van der Waals surface area contributed by atoms with Crippen molar-refractivity contribution >= 4 is 22.8 Å². The van der Waals surface area contributed by atoms with Crippen LogP contribution in [0.3, 0.4) is 0 Å². The maximum Gasteiger partial charge on any atom is 0.319 e. The average Bonchev–Trinajstić information content (AvgIpc) is 3.20. The molecule has 0 spiro atoms. The summed E-state index contributed by atoms with van der Waals surface area (Å²) in [5.74, 6) is 0. The van der Waals surface area contributed by atoms with E-state index in [1.54, 1.807) is 12.3 Å². The highest BCUT2D eigenvalue weighted by molar-refractivity contribution is 5.98. The number of amides is 2. The van der Waals surface area contributed by atoms with Crippen molar-refractivity contribution in [1.82, 2.24) is 30.6 Å². The number of carbonyl (C=O) groups is 1. The number of benzene rings is 1. The Morgan fingerprint density at radius 2 is 2.11 bits per heavy atom. The SMILES string of the molecule is O=C(NC[C@H](c1cccnc1)N1CCOCC1)Nc1cccc2n[nH]nc12. The van der Waals surface area contributed by atoms with Crippen LogP contribution in [0.15, 0.2) is 42.7 Å². The predicted octanol–water partition coefficient (Wildman–Crippen LogP) is 1.55. The lowest BCUT2D eigenvalue weighted by atomic mass is 10.1. The maximum absolute atomic E-state index is 12.5. The number of anilines is 1. The number of rotatable bonds is 5. The van der Waals surface area contributed by atoms with Gasteiger partial charge in [-0.15, -0.1) is 0 Å². The van der Waals surface area contributed by atoms with Crippen molar-refractivity contribution in [1.29, 1.82) is 0 Å². The van der Waals surface area contributed by atoms with Crippen LogP contribution in [0.1, 0.15) is 11.6 Å². The van der Waals surface area contributed by atoms with Crippen LogP contribution < -0.4 is 10.6 Å². The molecule has 1 aromatic carbocycles. The molecule has 1 fully saturated rings. The Morgan fingerprint density at radius 3 is 2.93 bits per heavy atom. The highest BCUT2D eigenvalue weighted by Gasteiger charge is 2.23.